The van der Waals surface area contributed by atoms with Crippen molar-refractivity contribution in [2.75, 3.05) is 19.8 Å². The molecule has 0 radical (unpaired) electrons. The van der Waals surface area contributed by atoms with Gasteiger partial charge in [0.1, 0.15) is 29.4 Å². The van der Waals surface area contributed by atoms with Crippen LogP contribution in [0.1, 0.15) is 41.4 Å². The van der Waals surface area contributed by atoms with Gasteiger partial charge >= 0.3 is 0 Å². The molecule has 1 fully saturated rings. The lowest BCUT2D eigenvalue weighted by molar-refractivity contribution is 0.0987. The number of hydrogen-bond acceptors (Lipinski definition) is 6. The number of benzene rings is 1. The summed E-state index contributed by atoms with van der Waals surface area (Å²) >= 11 is 0. The van der Waals surface area contributed by atoms with Crippen molar-refractivity contribution in [1.82, 2.24) is 4.98 Å². The van der Waals surface area contributed by atoms with Crippen LogP contribution in [0.3, 0.4) is 0 Å². The molecule has 1 aromatic heterocycles. The van der Waals surface area contributed by atoms with Crippen LogP contribution in [0.15, 0.2) is 47.6 Å². The van der Waals surface area contributed by atoms with Crippen LogP contribution in [0.2, 0.25) is 0 Å². The third-order valence-electron chi connectivity index (χ3n) is 5.14. The molecule has 1 aliphatic heterocycles. The number of amidine groups is 1. The predicted molar refractivity (Wildman–Crippen MR) is 107 cm³/mol. The Morgan fingerprint density at radius 1 is 1.32 bits per heavy atom. The third-order valence-corrected chi connectivity index (χ3v) is 5.14. The van der Waals surface area contributed by atoms with Gasteiger partial charge in [-0.2, -0.15) is 0 Å². The van der Waals surface area contributed by atoms with Crippen molar-refractivity contribution in [3.8, 4) is 5.75 Å². The van der Waals surface area contributed by atoms with Gasteiger partial charge in [0.15, 0.2) is 5.78 Å². The molecular weight excluding hydrogens is 354 g/mol. The second-order valence-corrected chi connectivity index (χ2v) is 7.80. The number of aliphatic imine (C=N–C) groups is 1. The summed E-state index contributed by atoms with van der Waals surface area (Å²) < 4.78 is 11.2. The molecule has 0 saturated heterocycles. The average Bonchev–Trinajstić information content (AvgIpc) is 3.51. The van der Waals surface area contributed by atoms with Crippen molar-refractivity contribution in [2.45, 2.75) is 31.7 Å². The highest BCUT2D eigenvalue weighted by Crippen LogP contribution is 2.30. The van der Waals surface area contributed by atoms with Crippen LogP contribution in [0.5, 0.6) is 5.75 Å². The molecule has 2 aromatic rings. The molecule has 1 unspecified atom stereocenters. The quantitative estimate of drug-likeness (QED) is 0.748. The zero-order valence-electron chi connectivity index (χ0n) is 16.1. The molecule has 2 N–H and O–H groups in total. The van der Waals surface area contributed by atoms with E-state index in [4.69, 9.17) is 15.2 Å². The Balaban J connectivity index is 1.43. The summed E-state index contributed by atoms with van der Waals surface area (Å²) in [5, 5.41) is 0. The van der Waals surface area contributed by atoms with E-state index >= 15 is 0 Å². The second kappa shape index (κ2) is 7.72. The molecule has 0 bridgehead atoms. The highest BCUT2D eigenvalue weighted by atomic mass is 16.5. The number of rotatable bonds is 7. The first-order valence-electron chi connectivity index (χ1n) is 9.65. The van der Waals surface area contributed by atoms with Crippen LogP contribution in [-0.2, 0) is 16.7 Å². The number of nitrogens with two attached hydrogens (primary N) is 1. The summed E-state index contributed by atoms with van der Waals surface area (Å²) in [4.78, 5) is 21.5. The van der Waals surface area contributed by atoms with Crippen LogP contribution in [0, 0.1) is 5.92 Å². The van der Waals surface area contributed by atoms with Gasteiger partial charge in [-0.1, -0.05) is 24.3 Å². The van der Waals surface area contributed by atoms with E-state index in [0.29, 0.717) is 36.4 Å². The van der Waals surface area contributed by atoms with Gasteiger partial charge < -0.3 is 15.2 Å². The molecule has 0 amide bonds. The van der Waals surface area contributed by atoms with Gasteiger partial charge in [-0.15, -0.1) is 0 Å². The van der Waals surface area contributed by atoms with Gasteiger partial charge in [-0.25, -0.2) is 4.98 Å². The summed E-state index contributed by atoms with van der Waals surface area (Å²) in [6.07, 6.45) is 4.39. The highest BCUT2D eigenvalue weighted by Gasteiger charge is 2.30. The van der Waals surface area contributed by atoms with Crippen LogP contribution < -0.4 is 10.5 Å². The standard InChI is InChI=1S/C22H25N3O3/c1-22(14-27-13-21(23)25-22)17-4-2-3-16(9-17)10-20(26)19-8-7-18(11-24-19)28-12-15-5-6-15/h2-4,7-9,11,15H,5-6,10,12-14H2,1H3,(H2,23,25). The van der Waals surface area contributed by atoms with E-state index in [9.17, 15) is 4.79 Å². The van der Waals surface area contributed by atoms with Crippen LogP contribution >= 0.6 is 0 Å². The fourth-order valence-corrected chi connectivity index (χ4v) is 3.31. The molecule has 2 aliphatic rings. The van der Waals surface area contributed by atoms with Crippen molar-refractivity contribution in [2.24, 2.45) is 16.6 Å². The summed E-state index contributed by atoms with van der Waals surface area (Å²) in [6.45, 7) is 3.55. The predicted octanol–water partition coefficient (Wildman–Crippen LogP) is 2.90. The van der Waals surface area contributed by atoms with Gasteiger partial charge in [0, 0.05) is 6.42 Å². The number of Topliss-reactive ketones (excluding diaryl/α,β-unsaturated/α-hetero) is 1. The fourth-order valence-electron chi connectivity index (χ4n) is 3.31. The van der Waals surface area contributed by atoms with Gasteiger partial charge in [-0.3, -0.25) is 9.79 Å². The SMILES string of the molecule is CC1(c2cccc(CC(=O)c3ccc(OCC4CC4)cn3)c2)COCC(N)=N1. The van der Waals surface area contributed by atoms with E-state index in [1.165, 1.54) is 12.8 Å². The average molecular weight is 379 g/mol. The summed E-state index contributed by atoms with van der Waals surface area (Å²) in [7, 11) is 0. The minimum Gasteiger partial charge on any atom is -0.492 e. The molecule has 4 rings (SSSR count). The van der Waals surface area contributed by atoms with Crippen LogP contribution in [-0.4, -0.2) is 36.4 Å². The Morgan fingerprint density at radius 3 is 2.89 bits per heavy atom. The molecule has 6 heteroatoms. The summed E-state index contributed by atoms with van der Waals surface area (Å²) in [6, 6.07) is 11.4. The molecule has 1 aliphatic carbocycles. The minimum atomic E-state index is -0.528. The van der Waals surface area contributed by atoms with Gasteiger partial charge in [0.2, 0.25) is 0 Å². The molecule has 1 atom stereocenters. The molecule has 1 saturated carbocycles. The van der Waals surface area contributed by atoms with E-state index in [-0.39, 0.29) is 12.2 Å². The van der Waals surface area contributed by atoms with Crippen molar-refractivity contribution in [3.63, 3.8) is 0 Å². The third kappa shape index (κ3) is 4.39. The van der Waals surface area contributed by atoms with Crippen LogP contribution in [0.25, 0.3) is 0 Å². The maximum absolute atomic E-state index is 12.6. The number of hydrogen-bond donors (Lipinski definition) is 1. The topological polar surface area (TPSA) is 86.8 Å². The zero-order chi connectivity index (χ0) is 19.6. The molecule has 6 nitrogen and oxygen atoms in total. The van der Waals surface area contributed by atoms with E-state index < -0.39 is 5.54 Å². The summed E-state index contributed by atoms with van der Waals surface area (Å²) in [5.41, 5.74) is 7.66. The minimum absolute atomic E-state index is 0.0287. The number of carbonyl (C=O) groups is 1. The Bertz CT molecular complexity index is 890. The van der Waals surface area contributed by atoms with Gasteiger partial charge in [-0.05, 0) is 48.9 Å². The van der Waals surface area contributed by atoms with E-state index in [0.717, 1.165) is 17.7 Å². The van der Waals surface area contributed by atoms with Crippen molar-refractivity contribution < 1.29 is 14.3 Å². The highest BCUT2D eigenvalue weighted by molar-refractivity contribution is 5.95. The molecule has 1 aromatic carbocycles. The molecule has 28 heavy (non-hydrogen) atoms. The smallest absolute Gasteiger partial charge is 0.185 e. The lowest BCUT2D eigenvalue weighted by atomic mass is 9.90. The summed E-state index contributed by atoms with van der Waals surface area (Å²) in [5.74, 6) is 1.86. The molecule has 146 valence electrons. The van der Waals surface area contributed by atoms with Crippen molar-refractivity contribution >= 4 is 11.6 Å². The Labute approximate surface area is 164 Å². The number of ether oxygens (including phenoxy) is 2. The van der Waals surface area contributed by atoms with Gasteiger partial charge in [0.25, 0.3) is 0 Å². The van der Waals surface area contributed by atoms with Gasteiger partial charge in [0.05, 0.1) is 19.4 Å². The normalized spacial score (nSPS) is 21.8. The fraction of sp³-hybridized carbons (Fsp3) is 0.409. The van der Waals surface area contributed by atoms with Crippen LogP contribution in [0.4, 0.5) is 0 Å². The lowest BCUT2D eigenvalue weighted by Crippen LogP contribution is -2.37. The Morgan fingerprint density at radius 2 is 2.18 bits per heavy atom. The first-order valence-corrected chi connectivity index (χ1v) is 9.65. The molecule has 0 spiro atoms. The Kier molecular flexibility index (Phi) is 5.13. The number of carbonyl (C=O) groups excluding carboxylic acids is 1. The lowest BCUT2D eigenvalue weighted by Gasteiger charge is -2.30. The number of aromatic nitrogens is 1. The van der Waals surface area contributed by atoms with Crippen molar-refractivity contribution in [1.29, 1.82) is 0 Å². The maximum atomic E-state index is 12.6. The molecule has 2 heterocycles. The maximum Gasteiger partial charge on any atom is 0.185 e. The van der Waals surface area contributed by atoms with Crippen molar-refractivity contribution in [3.05, 3.63) is 59.4 Å². The monoisotopic (exact) mass is 379 g/mol. The molecular formula is C22H25N3O3. The largest absolute Gasteiger partial charge is 0.492 e. The van der Waals surface area contributed by atoms with E-state index in [2.05, 4.69) is 9.98 Å². The second-order valence-electron chi connectivity index (χ2n) is 7.80. The number of nitrogens with zero attached hydrogens (tertiary/aromatic N) is 2. The van der Waals surface area contributed by atoms with E-state index in [1.54, 1.807) is 12.3 Å². The first kappa shape index (κ1) is 18.6. The number of ketones is 1. The first-order chi connectivity index (χ1) is 13.5. The van der Waals surface area contributed by atoms with E-state index in [1.807, 2.05) is 37.3 Å². The zero-order valence-corrected chi connectivity index (χ0v) is 16.1. The Hall–Kier alpha value is -2.73. The number of pyridine rings is 1.